The Bertz CT molecular complexity index is 696. The molecule has 1 atom stereocenters. The highest BCUT2D eigenvalue weighted by atomic mass is 16.2. The number of anilines is 1. The lowest BCUT2D eigenvalue weighted by atomic mass is 10.1. The van der Waals surface area contributed by atoms with Gasteiger partial charge in [-0.1, -0.05) is 48.0 Å². The van der Waals surface area contributed by atoms with Crippen LogP contribution in [0.5, 0.6) is 0 Å². The Morgan fingerprint density at radius 3 is 2.35 bits per heavy atom. The summed E-state index contributed by atoms with van der Waals surface area (Å²) in [5, 5.41) is 5.62. The molecule has 120 valence electrons. The molecule has 0 aromatic heterocycles. The summed E-state index contributed by atoms with van der Waals surface area (Å²) < 4.78 is 0. The molecule has 4 nitrogen and oxygen atoms in total. The van der Waals surface area contributed by atoms with Crippen molar-refractivity contribution in [1.82, 2.24) is 5.32 Å². The molecule has 0 saturated heterocycles. The fourth-order valence-corrected chi connectivity index (χ4v) is 2.41. The zero-order valence-electron chi connectivity index (χ0n) is 13.7. The minimum atomic E-state index is -0.310. The van der Waals surface area contributed by atoms with Crippen molar-refractivity contribution < 1.29 is 9.59 Å². The fraction of sp³-hybridized carbons (Fsp3) is 0.263. The number of benzene rings is 2. The highest BCUT2D eigenvalue weighted by molar-refractivity contribution is 6.03. The molecule has 0 bridgehead atoms. The molecule has 0 aliphatic heterocycles. The summed E-state index contributed by atoms with van der Waals surface area (Å²) >= 11 is 0. The first-order valence-corrected chi connectivity index (χ1v) is 7.67. The maximum atomic E-state index is 12.0. The lowest BCUT2D eigenvalue weighted by Gasteiger charge is -2.14. The number of carbonyl (C=O) groups excluding carboxylic acids is 2. The normalized spacial score (nSPS) is 11.6. The maximum Gasteiger partial charge on any atom is 0.233 e. The van der Waals surface area contributed by atoms with Crippen LogP contribution in [0.15, 0.2) is 48.5 Å². The van der Waals surface area contributed by atoms with Gasteiger partial charge in [-0.2, -0.15) is 0 Å². The molecule has 0 radical (unpaired) electrons. The van der Waals surface area contributed by atoms with E-state index in [4.69, 9.17) is 0 Å². The Kier molecular flexibility index (Phi) is 5.52. The largest absolute Gasteiger partial charge is 0.349 e. The van der Waals surface area contributed by atoms with Gasteiger partial charge in [0.25, 0.3) is 0 Å². The zero-order chi connectivity index (χ0) is 16.8. The topological polar surface area (TPSA) is 58.2 Å². The zero-order valence-corrected chi connectivity index (χ0v) is 13.7. The number of hydrogen-bond acceptors (Lipinski definition) is 2. The van der Waals surface area contributed by atoms with Crippen molar-refractivity contribution in [3.05, 3.63) is 65.2 Å². The van der Waals surface area contributed by atoms with Crippen molar-refractivity contribution in [2.24, 2.45) is 0 Å². The van der Waals surface area contributed by atoms with Crippen LogP contribution < -0.4 is 10.6 Å². The molecule has 2 aromatic carbocycles. The molecule has 23 heavy (non-hydrogen) atoms. The van der Waals surface area contributed by atoms with Gasteiger partial charge < -0.3 is 10.6 Å². The Hall–Kier alpha value is -2.62. The van der Waals surface area contributed by atoms with Crippen LogP contribution in [0.3, 0.4) is 0 Å². The summed E-state index contributed by atoms with van der Waals surface area (Å²) in [5.41, 5.74) is 3.87. The van der Waals surface area contributed by atoms with Crippen molar-refractivity contribution in [2.45, 2.75) is 33.2 Å². The van der Waals surface area contributed by atoms with Crippen LogP contribution >= 0.6 is 0 Å². The summed E-state index contributed by atoms with van der Waals surface area (Å²) in [6, 6.07) is 15.3. The Balaban J connectivity index is 1.88. The van der Waals surface area contributed by atoms with E-state index in [1.807, 2.05) is 69.3 Å². The summed E-state index contributed by atoms with van der Waals surface area (Å²) in [5.74, 6) is -0.599. The monoisotopic (exact) mass is 310 g/mol. The van der Waals surface area contributed by atoms with Gasteiger partial charge in [-0.15, -0.1) is 0 Å². The molecule has 0 aliphatic carbocycles. The second-order valence-electron chi connectivity index (χ2n) is 5.74. The highest BCUT2D eigenvalue weighted by Gasteiger charge is 2.14. The van der Waals surface area contributed by atoms with E-state index in [2.05, 4.69) is 10.6 Å². The predicted octanol–water partition coefficient (Wildman–Crippen LogP) is 3.51. The van der Waals surface area contributed by atoms with Gasteiger partial charge in [0, 0.05) is 5.69 Å². The van der Waals surface area contributed by atoms with Crippen LogP contribution in [0.4, 0.5) is 5.69 Å². The molecule has 0 heterocycles. The minimum absolute atomic E-state index is 0.127. The van der Waals surface area contributed by atoms with Crippen LogP contribution in [-0.4, -0.2) is 11.8 Å². The third-order valence-electron chi connectivity index (χ3n) is 3.65. The molecule has 2 amide bonds. The number of aryl methyl sites for hydroxylation is 2. The van der Waals surface area contributed by atoms with Gasteiger partial charge in [0.1, 0.15) is 6.42 Å². The molecular formula is C19H22N2O2. The summed E-state index contributed by atoms with van der Waals surface area (Å²) in [6.07, 6.45) is -0.190. The Morgan fingerprint density at radius 1 is 1.00 bits per heavy atom. The highest BCUT2D eigenvalue weighted by Crippen LogP contribution is 2.16. The van der Waals surface area contributed by atoms with Gasteiger partial charge in [-0.3, -0.25) is 9.59 Å². The summed E-state index contributed by atoms with van der Waals surface area (Å²) in [4.78, 5) is 24.0. The van der Waals surface area contributed by atoms with Crippen LogP contribution in [0, 0.1) is 13.8 Å². The second kappa shape index (κ2) is 7.58. The first kappa shape index (κ1) is 16.7. The average molecular weight is 310 g/mol. The molecule has 0 spiro atoms. The second-order valence-corrected chi connectivity index (χ2v) is 5.74. The van der Waals surface area contributed by atoms with Gasteiger partial charge in [0.15, 0.2) is 0 Å². The van der Waals surface area contributed by atoms with Gasteiger partial charge in [-0.25, -0.2) is 0 Å². The van der Waals surface area contributed by atoms with Gasteiger partial charge in [0.05, 0.1) is 6.04 Å². The molecule has 4 heteroatoms. The van der Waals surface area contributed by atoms with Crippen LogP contribution in [0.25, 0.3) is 0 Å². The lowest BCUT2D eigenvalue weighted by molar-refractivity contribution is -0.127. The predicted molar refractivity (Wildman–Crippen MR) is 92.2 cm³/mol. The molecular weight excluding hydrogens is 288 g/mol. The maximum absolute atomic E-state index is 12.0. The van der Waals surface area contributed by atoms with Crippen molar-refractivity contribution >= 4 is 17.5 Å². The van der Waals surface area contributed by atoms with E-state index in [0.29, 0.717) is 0 Å². The Morgan fingerprint density at radius 2 is 1.70 bits per heavy atom. The van der Waals surface area contributed by atoms with E-state index >= 15 is 0 Å². The van der Waals surface area contributed by atoms with E-state index in [9.17, 15) is 9.59 Å². The van der Waals surface area contributed by atoms with Gasteiger partial charge >= 0.3 is 0 Å². The SMILES string of the molecule is Cc1ccc(NC(=O)CC(=O)NC(C)c2ccccc2)c(C)c1. The first-order valence-electron chi connectivity index (χ1n) is 7.67. The van der Waals surface area contributed by atoms with E-state index in [1.54, 1.807) is 0 Å². The standard InChI is InChI=1S/C19H22N2O2/c1-13-9-10-17(14(2)11-13)21-19(23)12-18(22)20-15(3)16-7-5-4-6-8-16/h4-11,15H,12H2,1-3H3,(H,20,22)(H,21,23). The van der Waals surface area contributed by atoms with E-state index in [-0.39, 0.29) is 24.3 Å². The molecule has 0 saturated carbocycles. The van der Waals surface area contributed by atoms with Crippen molar-refractivity contribution in [3.63, 3.8) is 0 Å². The van der Waals surface area contributed by atoms with Crippen molar-refractivity contribution in [3.8, 4) is 0 Å². The van der Waals surface area contributed by atoms with E-state index < -0.39 is 0 Å². The quantitative estimate of drug-likeness (QED) is 0.830. The number of hydrogen-bond donors (Lipinski definition) is 2. The first-order chi connectivity index (χ1) is 11.0. The third kappa shape index (κ3) is 4.95. The third-order valence-corrected chi connectivity index (χ3v) is 3.65. The minimum Gasteiger partial charge on any atom is -0.349 e. The van der Waals surface area contributed by atoms with Gasteiger partial charge in [0.2, 0.25) is 11.8 Å². The molecule has 2 N–H and O–H groups in total. The van der Waals surface area contributed by atoms with Crippen LogP contribution in [-0.2, 0) is 9.59 Å². The molecule has 0 aliphatic rings. The van der Waals surface area contributed by atoms with Crippen molar-refractivity contribution in [2.75, 3.05) is 5.32 Å². The number of nitrogens with one attached hydrogen (secondary N) is 2. The van der Waals surface area contributed by atoms with Crippen molar-refractivity contribution in [1.29, 1.82) is 0 Å². The average Bonchev–Trinajstić information content (AvgIpc) is 2.50. The van der Waals surface area contributed by atoms with E-state index in [0.717, 1.165) is 22.4 Å². The summed E-state index contributed by atoms with van der Waals surface area (Å²) in [6.45, 7) is 5.83. The lowest BCUT2D eigenvalue weighted by Crippen LogP contribution is -2.30. The molecule has 0 fully saturated rings. The van der Waals surface area contributed by atoms with Crippen LogP contribution in [0.2, 0.25) is 0 Å². The Labute approximate surface area is 136 Å². The number of rotatable bonds is 5. The molecule has 1 unspecified atom stereocenters. The van der Waals surface area contributed by atoms with Crippen LogP contribution in [0.1, 0.15) is 36.1 Å². The van der Waals surface area contributed by atoms with Gasteiger partial charge in [-0.05, 0) is 38.0 Å². The number of carbonyl (C=O) groups is 2. The summed E-state index contributed by atoms with van der Waals surface area (Å²) in [7, 11) is 0. The molecule has 2 rings (SSSR count). The number of amides is 2. The molecule has 2 aromatic rings. The fourth-order valence-electron chi connectivity index (χ4n) is 2.41. The smallest absolute Gasteiger partial charge is 0.233 e. The van der Waals surface area contributed by atoms with E-state index in [1.165, 1.54) is 0 Å².